The number of likely N-dealkylation sites (tertiary alicyclic amines) is 1. The number of pyridine rings is 1. The van der Waals surface area contributed by atoms with Gasteiger partial charge < -0.3 is 10.0 Å². The van der Waals surface area contributed by atoms with Crippen LogP contribution in [0.1, 0.15) is 43.2 Å². The van der Waals surface area contributed by atoms with E-state index in [2.05, 4.69) is 21.4 Å². The number of hydrogen-bond acceptors (Lipinski definition) is 5. The van der Waals surface area contributed by atoms with Gasteiger partial charge in [-0.15, -0.1) is 5.10 Å². The average molecular weight is 315 g/mol. The summed E-state index contributed by atoms with van der Waals surface area (Å²) in [5.74, 6) is 0.458. The van der Waals surface area contributed by atoms with Crippen molar-refractivity contribution in [1.29, 1.82) is 0 Å². The average Bonchev–Trinajstić information content (AvgIpc) is 3.04. The third-order valence-electron chi connectivity index (χ3n) is 4.24. The number of aliphatic hydroxyl groups excluding tert-OH is 1. The van der Waals surface area contributed by atoms with Crippen LogP contribution in [0, 0.1) is 0 Å². The first-order valence-corrected chi connectivity index (χ1v) is 7.90. The zero-order valence-corrected chi connectivity index (χ0v) is 13.2. The molecule has 122 valence electrons. The minimum Gasteiger partial charge on any atom is -0.387 e. The quantitative estimate of drug-likeness (QED) is 0.914. The van der Waals surface area contributed by atoms with Crippen LogP contribution in [0.5, 0.6) is 0 Å². The fraction of sp³-hybridized carbons (Fsp3) is 0.500. The van der Waals surface area contributed by atoms with Crippen molar-refractivity contribution in [2.24, 2.45) is 0 Å². The summed E-state index contributed by atoms with van der Waals surface area (Å²) in [5, 5.41) is 17.2. The molecule has 1 atom stereocenters. The van der Waals surface area contributed by atoms with E-state index in [1.807, 2.05) is 23.2 Å². The highest BCUT2D eigenvalue weighted by Gasteiger charge is 2.24. The molecular weight excluding hydrogens is 294 g/mol. The minimum absolute atomic E-state index is 0.0338. The first-order valence-electron chi connectivity index (χ1n) is 7.90. The van der Waals surface area contributed by atoms with Crippen LogP contribution < -0.4 is 0 Å². The molecule has 1 aliphatic rings. The second-order valence-electron chi connectivity index (χ2n) is 5.93. The lowest BCUT2D eigenvalue weighted by Gasteiger charge is -2.31. The number of aromatic nitrogens is 4. The zero-order chi connectivity index (χ0) is 16.2. The van der Waals surface area contributed by atoms with Crippen molar-refractivity contribution in [1.82, 2.24) is 24.9 Å². The molecule has 1 amide bonds. The summed E-state index contributed by atoms with van der Waals surface area (Å²) in [6.45, 7) is 3.25. The van der Waals surface area contributed by atoms with Crippen LogP contribution in [-0.2, 0) is 11.3 Å². The Morgan fingerprint density at radius 2 is 2.17 bits per heavy atom. The Morgan fingerprint density at radius 1 is 1.39 bits per heavy atom. The summed E-state index contributed by atoms with van der Waals surface area (Å²) < 4.78 is 1.48. The fourth-order valence-corrected chi connectivity index (χ4v) is 2.86. The maximum Gasteiger partial charge on any atom is 0.244 e. The van der Waals surface area contributed by atoms with E-state index in [-0.39, 0.29) is 12.5 Å². The van der Waals surface area contributed by atoms with E-state index >= 15 is 0 Å². The van der Waals surface area contributed by atoms with E-state index < -0.39 is 6.10 Å². The van der Waals surface area contributed by atoms with Gasteiger partial charge in [0.25, 0.3) is 0 Å². The molecule has 1 unspecified atom stereocenters. The molecule has 1 aliphatic heterocycles. The van der Waals surface area contributed by atoms with Gasteiger partial charge in [-0.2, -0.15) is 0 Å². The number of aliphatic hydroxyl groups is 1. The Hall–Kier alpha value is -2.28. The Morgan fingerprint density at radius 3 is 2.78 bits per heavy atom. The van der Waals surface area contributed by atoms with E-state index in [1.54, 1.807) is 13.1 Å². The van der Waals surface area contributed by atoms with E-state index in [1.165, 1.54) is 4.68 Å². The van der Waals surface area contributed by atoms with Gasteiger partial charge in [0.1, 0.15) is 12.2 Å². The zero-order valence-electron chi connectivity index (χ0n) is 13.2. The lowest BCUT2D eigenvalue weighted by molar-refractivity contribution is -0.133. The Labute approximate surface area is 134 Å². The lowest BCUT2D eigenvalue weighted by atomic mass is 9.93. The fourth-order valence-electron chi connectivity index (χ4n) is 2.86. The van der Waals surface area contributed by atoms with E-state index in [4.69, 9.17) is 0 Å². The molecule has 2 aromatic heterocycles. The lowest BCUT2D eigenvalue weighted by Crippen LogP contribution is -2.40. The molecule has 2 aromatic rings. The number of piperidine rings is 1. The van der Waals surface area contributed by atoms with Gasteiger partial charge in [-0.25, -0.2) is 4.68 Å². The summed E-state index contributed by atoms with van der Waals surface area (Å²) >= 11 is 0. The van der Waals surface area contributed by atoms with Crippen molar-refractivity contribution in [3.05, 3.63) is 42.0 Å². The van der Waals surface area contributed by atoms with Gasteiger partial charge in [-0.05, 0) is 31.9 Å². The topological polar surface area (TPSA) is 84.1 Å². The standard InChI is InChI=1S/C16H21N5O2/c1-12(22)15-10-21(19-18-15)11-16(23)20-8-5-13(6-9-20)14-4-2-3-7-17-14/h2-4,7,10,12-13,22H,5-6,8-9,11H2,1H3. The number of carbonyl (C=O) groups excluding carboxylic acids is 1. The molecule has 0 bridgehead atoms. The van der Waals surface area contributed by atoms with E-state index in [0.29, 0.717) is 11.6 Å². The van der Waals surface area contributed by atoms with Gasteiger partial charge in [-0.3, -0.25) is 9.78 Å². The van der Waals surface area contributed by atoms with Crippen LogP contribution in [0.3, 0.4) is 0 Å². The van der Waals surface area contributed by atoms with Crippen molar-refractivity contribution >= 4 is 5.91 Å². The van der Waals surface area contributed by atoms with Crippen LogP contribution in [0.2, 0.25) is 0 Å². The first kappa shape index (κ1) is 15.6. The largest absolute Gasteiger partial charge is 0.387 e. The summed E-state index contributed by atoms with van der Waals surface area (Å²) in [6, 6.07) is 5.97. The molecule has 0 aromatic carbocycles. The third-order valence-corrected chi connectivity index (χ3v) is 4.24. The summed E-state index contributed by atoms with van der Waals surface area (Å²) in [4.78, 5) is 18.6. The van der Waals surface area contributed by atoms with Crippen LogP contribution in [-0.4, -0.2) is 49.0 Å². The van der Waals surface area contributed by atoms with Crippen molar-refractivity contribution in [2.45, 2.75) is 38.3 Å². The van der Waals surface area contributed by atoms with E-state index in [9.17, 15) is 9.90 Å². The minimum atomic E-state index is -0.673. The molecule has 7 nitrogen and oxygen atoms in total. The molecule has 1 saturated heterocycles. The number of hydrogen-bond donors (Lipinski definition) is 1. The highest BCUT2D eigenvalue weighted by Crippen LogP contribution is 2.26. The maximum absolute atomic E-state index is 12.3. The highest BCUT2D eigenvalue weighted by molar-refractivity contribution is 5.76. The van der Waals surface area contributed by atoms with Crippen molar-refractivity contribution in [3.63, 3.8) is 0 Å². The Bertz CT molecular complexity index is 648. The maximum atomic E-state index is 12.3. The molecule has 7 heteroatoms. The Kier molecular flexibility index (Phi) is 4.66. The van der Waals surface area contributed by atoms with Crippen molar-refractivity contribution in [3.8, 4) is 0 Å². The molecule has 0 saturated carbocycles. The normalized spacial score (nSPS) is 17.2. The van der Waals surface area contributed by atoms with Crippen LogP contribution in [0.4, 0.5) is 0 Å². The molecule has 3 rings (SSSR count). The predicted molar refractivity (Wildman–Crippen MR) is 83.4 cm³/mol. The number of carbonyl (C=O) groups is 1. The summed E-state index contributed by atoms with van der Waals surface area (Å²) in [7, 11) is 0. The van der Waals surface area contributed by atoms with E-state index in [0.717, 1.165) is 31.6 Å². The SMILES string of the molecule is CC(O)c1cn(CC(=O)N2CCC(c3ccccn3)CC2)nn1. The smallest absolute Gasteiger partial charge is 0.244 e. The molecule has 1 fully saturated rings. The number of amides is 1. The third kappa shape index (κ3) is 3.73. The van der Waals surface area contributed by atoms with Gasteiger partial charge in [-0.1, -0.05) is 11.3 Å². The molecule has 23 heavy (non-hydrogen) atoms. The monoisotopic (exact) mass is 315 g/mol. The van der Waals surface area contributed by atoms with Crippen LogP contribution in [0.25, 0.3) is 0 Å². The van der Waals surface area contributed by atoms with Crippen molar-refractivity contribution in [2.75, 3.05) is 13.1 Å². The predicted octanol–water partition coefficient (Wildman–Crippen LogP) is 1.13. The Balaban J connectivity index is 1.53. The number of nitrogens with zero attached hydrogens (tertiary/aromatic N) is 5. The molecule has 3 heterocycles. The second kappa shape index (κ2) is 6.87. The second-order valence-corrected chi connectivity index (χ2v) is 5.93. The molecule has 1 N–H and O–H groups in total. The van der Waals surface area contributed by atoms with Crippen LogP contribution >= 0.6 is 0 Å². The van der Waals surface area contributed by atoms with Gasteiger partial charge >= 0.3 is 0 Å². The van der Waals surface area contributed by atoms with Crippen molar-refractivity contribution < 1.29 is 9.90 Å². The van der Waals surface area contributed by atoms with Gasteiger partial charge in [0.15, 0.2) is 0 Å². The summed E-state index contributed by atoms with van der Waals surface area (Å²) in [6.07, 6.45) is 4.62. The highest BCUT2D eigenvalue weighted by atomic mass is 16.3. The number of rotatable bonds is 4. The molecule has 0 aliphatic carbocycles. The van der Waals surface area contributed by atoms with Crippen LogP contribution in [0.15, 0.2) is 30.6 Å². The molecule has 0 radical (unpaired) electrons. The van der Waals surface area contributed by atoms with Gasteiger partial charge in [0.2, 0.25) is 5.91 Å². The van der Waals surface area contributed by atoms with Gasteiger partial charge in [0, 0.05) is 30.9 Å². The molecule has 0 spiro atoms. The molecular formula is C16H21N5O2. The van der Waals surface area contributed by atoms with Gasteiger partial charge in [0.05, 0.1) is 12.3 Å². The summed E-state index contributed by atoms with van der Waals surface area (Å²) in [5.41, 5.74) is 1.59. The first-order chi connectivity index (χ1) is 11.1.